The number of hydrogen-bond acceptors (Lipinski definition) is 4. The van der Waals surface area contributed by atoms with Gasteiger partial charge in [-0.25, -0.2) is 8.78 Å². The molecule has 2 saturated heterocycles. The molecule has 2 fully saturated rings. The molecule has 3 rings (SSSR count). The molecule has 0 aromatic heterocycles. The second-order valence-corrected chi connectivity index (χ2v) is 4.93. The van der Waals surface area contributed by atoms with E-state index in [1.54, 1.807) is 4.90 Å². The van der Waals surface area contributed by atoms with Crippen LogP contribution in [0.15, 0.2) is 12.1 Å². The number of ether oxygens (including phenoxy) is 2. The summed E-state index contributed by atoms with van der Waals surface area (Å²) < 4.78 is 38.6. The van der Waals surface area contributed by atoms with Gasteiger partial charge in [0.2, 0.25) is 0 Å². The first kappa shape index (κ1) is 12.6. The minimum atomic E-state index is -0.907. The lowest BCUT2D eigenvalue weighted by molar-refractivity contribution is -0.161. The van der Waals surface area contributed by atoms with Crippen LogP contribution in [0.1, 0.15) is 12.8 Å². The summed E-state index contributed by atoms with van der Waals surface area (Å²) in [4.78, 5) is 1.71. The summed E-state index contributed by atoms with van der Waals surface area (Å²) in [6, 6.07) is 2.42. The van der Waals surface area contributed by atoms with Crippen LogP contribution in [0.4, 0.5) is 20.2 Å². The van der Waals surface area contributed by atoms with Gasteiger partial charge in [-0.05, 0) is 18.6 Å². The van der Waals surface area contributed by atoms with Crippen LogP contribution in [0.25, 0.3) is 0 Å². The summed E-state index contributed by atoms with van der Waals surface area (Å²) in [6.45, 7) is 2.06. The minimum Gasteiger partial charge on any atom is -0.397 e. The van der Waals surface area contributed by atoms with E-state index in [2.05, 4.69) is 0 Å². The van der Waals surface area contributed by atoms with Gasteiger partial charge in [-0.2, -0.15) is 0 Å². The molecule has 0 atom stereocenters. The van der Waals surface area contributed by atoms with Gasteiger partial charge in [0.25, 0.3) is 0 Å². The van der Waals surface area contributed by atoms with Crippen molar-refractivity contribution in [1.29, 1.82) is 0 Å². The van der Waals surface area contributed by atoms with Crippen LogP contribution in [0.5, 0.6) is 0 Å². The summed E-state index contributed by atoms with van der Waals surface area (Å²) in [7, 11) is 0. The Bertz CT molecular complexity index is 490. The third-order valence-electron chi connectivity index (χ3n) is 3.65. The normalized spacial score (nSPS) is 22.1. The van der Waals surface area contributed by atoms with Crippen molar-refractivity contribution in [2.24, 2.45) is 0 Å². The molecule has 0 saturated carbocycles. The molecule has 0 amide bonds. The van der Waals surface area contributed by atoms with Gasteiger partial charge in [-0.1, -0.05) is 0 Å². The fraction of sp³-hybridized carbons (Fsp3) is 0.538. The number of halogens is 2. The molecule has 2 heterocycles. The van der Waals surface area contributed by atoms with E-state index in [0.717, 1.165) is 18.9 Å². The summed E-state index contributed by atoms with van der Waals surface area (Å²) >= 11 is 0. The Morgan fingerprint density at radius 2 is 1.95 bits per heavy atom. The highest BCUT2D eigenvalue weighted by Crippen LogP contribution is 2.36. The molecule has 1 spiro atoms. The van der Waals surface area contributed by atoms with E-state index in [4.69, 9.17) is 15.2 Å². The maximum Gasteiger partial charge on any atom is 0.186 e. The number of hydrogen-bond donors (Lipinski definition) is 1. The molecule has 19 heavy (non-hydrogen) atoms. The Balaban J connectivity index is 1.92. The highest BCUT2D eigenvalue weighted by Gasteiger charge is 2.41. The Morgan fingerprint density at radius 3 is 2.68 bits per heavy atom. The van der Waals surface area contributed by atoms with Gasteiger partial charge in [0.15, 0.2) is 17.4 Å². The number of nitrogens with zero attached hydrogens (tertiary/aromatic N) is 1. The Labute approximate surface area is 110 Å². The van der Waals surface area contributed by atoms with Gasteiger partial charge in [0.05, 0.1) is 31.1 Å². The standard InChI is InChI=1S/C13H16F2N2O2/c14-9-2-3-10(16)12(11(9)15)17-5-1-4-13(8-17)18-6-7-19-13/h2-3H,1,4-8,16H2. The molecular weight excluding hydrogens is 254 g/mol. The van der Waals surface area contributed by atoms with Crippen LogP contribution < -0.4 is 10.6 Å². The summed E-state index contributed by atoms with van der Waals surface area (Å²) in [5.41, 5.74) is 6.12. The van der Waals surface area contributed by atoms with Crippen molar-refractivity contribution in [3.8, 4) is 0 Å². The van der Waals surface area contributed by atoms with E-state index in [-0.39, 0.29) is 11.4 Å². The molecule has 2 aliphatic heterocycles. The first-order chi connectivity index (χ1) is 9.11. The number of anilines is 2. The van der Waals surface area contributed by atoms with Gasteiger partial charge >= 0.3 is 0 Å². The van der Waals surface area contributed by atoms with Crippen LogP contribution in [-0.4, -0.2) is 32.1 Å². The van der Waals surface area contributed by atoms with Crippen molar-refractivity contribution < 1.29 is 18.3 Å². The van der Waals surface area contributed by atoms with Crippen LogP contribution in [0, 0.1) is 11.6 Å². The molecule has 104 valence electrons. The topological polar surface area (TPSA) is 47.7 Å². The number of benzene rings is 1. The van der Waals surface area contributed by atoms with Gasteiger partial charge in [0, 0.05) is 13.0 Å². The van der Waals surface area contributed by atoms with Crippen molar-refractivity contribution in [3.63, 3.8) is 0 Å². The van der Waals surface area contributed by atoms with Crippen molar-refractivity contribution >= 4 is 11.4 Å². The maximum absolute atomic E-state index is 13.9. The Hall–Kier alpha value is -1.40. The quantitative estimate of drug-likeness (QED) is 0.792. The summed E-state index contributed by atoms with van der Waals surface area (Å²) in [5, 5.41) is 0. The van der Waals surface area contributed by atoms with Crippen molar-refractivity contribution in [1.82, 2.24) is 0 Å². The zero-order chi connectivity index (χ0) is 13.5. The zero-order valence-electron chi connectivity index (χ0n) is 10.5. The second-order valence-electron chi connectivity index (χ2n) is 4.93. The summed E-state index contributed by atoms with van der Waals surface area (Å²) in [5.74, 6) is -2.49. The lowest BCUT2D eigenvalue weighted by atomic mass is 10.0. The predicted octanol–water partition coefficient (Wildman–Crippen LogP) is 1.89. The second kappa shape index (κ2) is 4.61. The van der Waals surface area contributed by atoms with E-state index < -0.39 is 17.4 Å². The largest absolute Gasteiger partial charge is 0.397 e. The van der Waals surface area contributed by atoms with Gasteiger partial charge in [-0.15, -0.1) is 0 Å². The number of piperidine rings is 1. The van der Waals surface area contributed by atoms with E-state index in [1.165, 1.54) is 6.07 Å². The van der Waals surface area contributed by atoms with Crippen LogP contribution in [-0.2, 0) is 9.47 Å². The SMILES string of the molecule is Nc1ccc(F)c(F)c1N1CCCC2(C1)OCCO2. The molecular formula is C13H16F2N2O2. The van der Waals surface area contributed by atoms with Crippen LogP contribution in [0.3, 0.4) is 0 Å². The fourth-order valence-corrected chi connectivity index (χ4v) is 2.79. The van der Waals surface area contributed by atoms with Crippen LogP contribution in [0.2, 0.25) is 0 Å². The smallest absolute Gasteiger partial charge is 0.186 e. The van der Waals surface area contributed by atoms with Gasteiger partial charge in [0.1, 0.15) is 0 Å². The lowest BCUT2D eigenvalue weighted by Crippen LogP contribution is -2.49. The molecule has 1 aromatic carbocycles. The van der Waals surface area contributed by atoms with E-state index in [9.17, 15) is 8.78 Å². The molecule has 0 bridgehead atoms. The average Bonchev–Trinajstić information content (AvgIpc) is 2.83. The number of nitrogen functional groups attached to an aromatic ring is 1. The maximum atomic E-state index is 13.9. The monoisotopic (exact) mass is 270 g/mol. The average molecular weight is 270 g/mol. The van der Waals surface area contributed by atoms with Gasteiger partial charge in [-0.3, -0.25) is 0 Å². The number of nitrogens with two attached hydrogens (primary N) is 1. The molecule has 0 unspecified atom stereocenters. The van der Waals surface area contributed by atoms with Crippen molar-refractivity contribution in [2.45, 2.75) is 18.6 Å². The molecule has 0 radical (unpaired) electrons. The molecule has 2 aliphatic rings. The highest BCUT2D eigenvalue weighted by atomic mass is 19.2. The van der Waals surface area contributed by atoms with Crippen LogP contribution >= 0.6 is 0 Å². The molecule has 2 N–H and O–H groups in total. The predicted molar refractivity (Wildman–Crippen MR) is 66.9 cm³/mol. The van der Waals surface area contributed by atoms with E-state index >= 15 is 0 Å². The van der Waals surface area contributed by atoms with Gasteiger partial charge < -0.3 is 20.1 Å². The third kappa shape index (κ3) is 2.15. The molecule has 0 aliphatic carbocycles. The Morgan fingerprint density at radius 1 is 1.21 bits per heavy atom. The highest BCUT2D eigenvalue weighted by molar-refractivity contribution is 5.68. The van der Waals surface area contributed by atoms with Crippen molar-refractivity contribution in [3.05, 3.63) is 23.8 Å². The first-order valence-corrected chi connectivity index (χ1v) is 6.38. The lowest BCUT2D eigenvalue weighted by Gasteiger charge is -2.40. The Kier molecular flexibility index (Phi) is 3.06. The number of rotatable bonds is 1. The van der Waals surface area contributed by atoms with E-state index in [0.29, 0.717) is 26.3 Å². The minimum absolute atomic E-state index is 0.109. The third-order valence-corrected chi connectivity index (χ3v) is 3.65. The first-order valence-electron chi connectivity index (χ1n) is 6.38. The van der Waals surface area contributed by atoms with Crippen molar-refractivity contribution in [2.75, 3.05) is 36.9 Å². The fourth-order valence-electron chi connectivity index (χ4n) is 2.79. The summed E-state index contributed by atoms with van der Waals surface area (Å²) in [6.07, 6.45) is 1.55. The van der Waals surface area contributed by atoms with E-state index in [1.807, 2.05) is 0 Å². The molecule has 4 nitrogen and oxygen atoms in total. The molecule has 6 heteroatoms. The zero-order valence-corrected chi connectivity index (χ0v) is 10.5. The molecule has 1 aromatic rings.